The summed E-state index contributed by atoms with van der Waals surface area (Å²) in [5.41, 5.74) is 7.85. The molecule has 3 rings (SSSR count). The number of piperidine rings is 1. The lowest BCUT2D eigenvalue weighted by molar-refractivity contribution is -0.142. The van der Waals surface area contributed by atoms with E-state index in [1.54, 1.807) is 18.5 Å². The number of hydrogen-bond acceptors (Lipinski definition) is 9. The average molecular weight is 563 g/mol. The normalized spacial score (nSPS) is 13.4. The minimum atomic E-state index is -0.799. The summed E-state index contributed by atoms with van der Waals surface area (Å²) in [6.07, 6.45) is 13.7. The Labute approximate surface area is 242 Å². The minimum Gasteiger partial charge on any atom is -0.428 e. The molecule has 1 aliphatic rings. The molecule has 1 unspecified atom stereocenters. The van der Waals surface area contributed by atoms with E-state index in [9.17, 15) is 9.59 Å². The molecule has 1 amide bonds. The summed E-state index contributed by atoms with van der Waals surface area (Å²) in [4.78, 5) is 35.7. The molecular formula is C30H42N8O3. The zero-order valence-electron chi connectivity index (χ0n) is 24.8. The molecule has 0 aliphatic carbocycles. The number of allylic oxidation sites excluding steroid dienone is 4. The van der Waals surface area contributed by atoms with Gasteiger partial charge in [-0.3, -0.25) is 20.4 Å². The second kappa shape index (κ2) is 17.8. The number of ether oxygens (including phenoxy) is 1. The summed E-state index contributed by atoms with van der Waals surface area (Å²) < 4.78 is 6.50. The number of nitrogens with zero attached hydrogens (tertiary/aromatic N) is 5. The van der Waals surface area contributed by atoms with Crippen LogP contribution in [-0.4, -0.2) is 61.7 Å². The van der Waals surface area contributed by atoms with Crippen LogP contribution in [0, 0.1) is 16.7 Å². The third-order valence-electron chi connectivity index (χ3n) is 5.95. The smallest absolute Gasteiger partial charge is 0.295 e. The van der Waals surface area contributed by atoms with E-state index in [0.717, 1.165) is 12.0 Å². The van der Waals surface area contributed by atoms with Crippen molar-refractivity contribution in [2.45, 2.75) is 54.4 Å². The van der Waals surface area contributed by atoms with Crippen molar-refractivity contribution in [3.63, 3.8) is 0 Å². The number of rotatable bonds is 9. The molecule has 0 bridgehead atoms. The third-order valence-corrected chi connectivity index (χ3v) is 5.95. The Kier molecular flexibility index (Phi) is 14.9. The molecule has 4 N–H and O–H groups in total. The third kappa shape index (κ3) is 8.92. The van der Waals surface area contributed by atoms with E-state index < -0.39 is 11.7 Å². The zero-order valence-corrected chi connectivity index (χ0v) is 24.8. The van der Waals surface area contributed by atoms with Gasteiger partial charge in [0.15, 0.2) is 12.2 Å². The highest BCUT2D eigenvalue weighted by molar-refractivity contribution is 6.53. The molecule has 41 heavy (non-hydrogen) atoms. The summed E-state index contributed by atoms with van der Waals surface area (Å²) in [7, 11) is 0. The highest BCUT2D eigenvalue weighted by Gasteiger charge is 2.30. The molecule has 0 saturated carbocycles. The van der Waals surface area contributed by atoms with E-state index in [2.05, 4.69) is 21.6 Å². The molecular weight excluding hydrogens is 520 g/mol. The lowest BCUT2D eigenvalue weighted by atomic mass is 9.89. The first kappa shape index (κ1) is 34.4. The van der Waals surface area contributed by atoms with Crippen LogP contribution < -0.4 is 5.73 Å². The molecule has 1 saturated heterocycles. The number of carbonyl (C=O) groups excluding carboxylic acids is 2. The van der Waals surface area contributed by atoms with Crippen LogP contribution >= 0.6 is 0 Å². The predicted octanol–water partition coefficient (Wildman–Crippen LogP) is 5.17. The van der Waals surface area contributed by atoms with Crippen LogP contribution in [0.5, 0.6) is 0 Å². The van der Waals surface area contributed by atoms with Gasteiger partial charge < -0.3 is 15.4 Å². The minimum absolute atomic E-state index is 0.0812. The molecule has 220 valence electrons. The molecule has 0 radical (unpaired) electrons. The fourth-order valence-corrected chi connectivity index (χ4v) is 4.08. The van der Waals surface area contributed by atoms with Crippen molar-refractivity contribution >= 4 is 35.2 Å². The molecule has 1 fully saturated rings. The Bertz CT molecular complexity index is 1280. The number of nitrogens with one attached hydrogen (secondary N) is 2. The predicted molar refractivity (Wildman–Crippen MR) is 164 cm³/mol. The van der Waals surface area contributed by atoms with Gasteiger partial charge in [-0.1, -0.05) is 71.1 Å². The Balaban J connectivity index is 0.00000201. The molecule has 2 aromatic rings. The topological polar surface area (TPSA) is 164 Å². The first-order valence-electron chi connectivity index (χ1n) is 13.7. The summed E-state index contributed by atoms with van der Waals surface area (Å²) in [6.45, 7) is 16.2. The molecule has 11 heteroatoms. The maximum Gasteiger partial charge on any atom is 0.295 e. The molecule has 11 nitrogen and oxygen atoms in total. The first-order chi connectivity index (χ1) is 19.8. The van der Waals surface area contributed by atoms with Gasteiger partial charge in [0.2, 0.25) is 5.90 Å². The number of likely N-dealkylation sites (tertiary alicyclic amines) is 1. The Hall–Kier alpha value is -4.67. The molecule has 3 heterocycles. The van der Waals surface area contributed by atoms with Gasteiger partial charge in [-0.2, -0.15) is 5.10 Å². The number of anilines is 1. The second-order valence-corrected chi connectivity index (χ2v) is 8.29. The van der Waals surface area contributed by atoms with Crippen LogP contribution in [0.3, 0.4) is 0 Å². The van der Waals surface area contributed by atoms with Gasteiger partial charge in [0.1, 0.15) is 17.7 Å². The van der Waals surface area contributed by atoms with Crippen LogP contribution in [-0.2, 0) is 14.3 Å². The van der Waals surface area contributed by atoms with Crippen molar-refractivity contribution in [2.75, 3.05) is 18.8 Å². The van der Waals surface area contributed by atoms with Gasteiger partial charge in [0, 0.05) is 42.5 Å². The van der Waals surface area contributed by atoms with Crippen LogP contribution in [0.25, 0.3) is 11.4 Å². The van der Waals surface area contributed by atoms with E-state index in [-0.39, 0.29) is 47.7 Å². The van der Waals surface area contributed by atoms with Crippen LogP contribution in [0.2, 0.25) is 0 Å². The summed E-state index contributed by atoms with van der Waals surface area (Å²) in [5, 5.41) is 19.6. The van der Waals surface area contributed by atoms with Crippen molar-refractivity contribution in [3.05, 3.63) is 72.5 Å². The number of Topliss-reactive ketones (excluding diaryl/α,β-unsaturated/α-hetero) is 1. The van der Waals surface area contributed by atoms with Gasteiger partial charge in [-0.25, -0.2) is 14.6 Å². The molecule has 0 aromatic carbocycles. The van der Waals surface area contributed by atoms with Crippen molar-refractivity contribution in [1.82, 2.24) is 24.6 Å². The van der Waals surface area contributed by atoms with E-state index in [4.69, 9.17) is 21.3 Å². The van der Waals surface area contributed by atoms with E-state index in [1.807, 2.05) is 65.8 Å². The maximum absolute atomic E-state index is 13.0. The van der Waals surface area contributed by atoms with Gasteiger partial charge in [-0.15, -0.1) is 0 Å². The first-order valence-corrected chi connectivity index (χ1v) is 13.7. The number of aromatic nitrogens is 4. The second-order valence-electron chi connectivity index (χ2n) is 8.29. The molecule has 0 spiro atoms. The largest absolute Gasteiger partial charge is 0.428 e. The Morgan fingerprint density at radius 2 is 1.80 bits per heavy atom. The van der Waals surface area contributed by atoms with Crippen LogP contribution in [0.15, 0.2) is 66.8 Å². The fourth-order valence-electron chi connectivity index (χ4n) is 4.08. The van der Waals surface area contributed by atoms with E-state index >= 15 is 0 Å². The number of carbonyl (C=O) groups is 2. The van der Waals surface area contributed by atoms with Crippen LogP contribution in [0.1, 0.15) is 60.1 Å². The number of nitrogen functional groups attached to an aromatic ring is 1. The Morgan fingerprint density at radius 1 is 1.15 bits per heavy atom. The SMILES string of the molecule is C=C(C(=O)C(=O)N1CCC(=C(C(=N)OC=N)C(C)/C=C\C=C/C)CC1)c1ncnc(-n2cccn2)c1N.CC.CC. The maximum atomic E-state index is 13.0. The number of amides is 1. The van der Waals surface area contributed by atoms with Gasteiger partial charge >= 0.3 is 0 Å². The zero-order chi connectivity index (χ0) is 30.9. The highest BCUT2D eigenvalue weighted by Crippen LogP contribution is 2.28. The van der Waals surface area contributed by atoms with E-state index in [0.29, 0.717) is 18.4 Å². The van der Waals surface area contributed by atoms with E-state index in [1.165, 1.54) is 15.9 Å². The summed E-state index contributed by atoms with van der Waals surface area (Å²) in [5.74, 6) is -1.45. The lowest BCUT2D eigenvalue weighted by Gasteiger charge is -2.30. The summed E-state index contributed by atoms with van der Waals surface area (Å²) in [6, 6.07) is 1.70. The van der Waals surface area contributed by atoms with Gasteiger partial charge in [0.05, 0.1) is 0 Å². The van der Waals surface area contributed by atoms with Gasteiger partial charge in [0.25, 0.3) is 11.7 Å². The number of nitrogens with two attached hydrogens (primary N) is 1. The molecule has 2 aromatic heterocycles. The number of ketones is 1. The van der Waals surface area contributed by atoms with Crippen molar-refractivity contribution < 1.29 is 14.3 Å². The number of hydrogen-bond donors (Lipinski definition) is 3. The fraction of sp³-hybridized carbons (Fsp3) is 0.367. The van der Waals surface area contributed by atoms with Crippen molar-refractivity contribution in [2.24, 2.45) is 5.92 Å². The van der Waals surface area contributed by atoms with Gasteiger partial charge in [-0.05, 0) is 25.8 Å². The van der Waals surface area contributed by atoms with Crippen LogP contribution in [0.4, 0.5) is 5.69 Å². The molecule has 1 aliphatic heterocycles. The quantitative estimate of drug-likeness (QED) is 0.125. The molecule has 1 atom stereocenters. The Morgan fingerprint density at radius 3 is 2.37 bits per heavy atom. The highest BCUT2D eigenvalue weighted by atomic mass is 16.5. The van der Waals surface area contributed by atoms with Crippen molar-refractivity contribution in [3.8, 4) is 5.82 Å². The summed E-state index contributed by atoms with van der Waals surface area (Å²) >= 11 is 0. The van der Waals surface area contributed by atoms with Crippen molar-refractivity contribution in [1.29, 1.82) is 10.8 Å². The lowest BCUT2D eigenvalue weighted by Crippen LogP contribution is -2.41. The standard InChI is InChI=1S/C26H30N8O3.2C2H6/c1-4-5-6-8-17(2)20(24(29)37-15-27)19-9-13-33(14-10-19)26(36)23(35)18(3)22-21(28)25(31-16-30-22)34-12-7-11-32-34;2*1-2/h4-8,11-12,15-17,27,29H,3,9-10,13-14,28H2,1-2H3;2*1-2H3/b5-4-,8-6-,27-15?,29-24?;;. The average Bonchev–Trinajstić information content (AvgIpc) is 3.54. The monoisotopic (exact) mass is 562 g/mol.